The molecule has 0 aliphatic rings. The lowest BCUT2D eigenvalue weighted by Gasteiger charge is -2.12. The van der Waals surface area contributed by atoms with Crippen LogP contribution in [0.25, 0.3) is 0 Å². The molecule has 2 rings (SSSR count). The third-order valence-corrected chi connectivity index (χ3v) is 3.18. The Morgan fingerprint density at radius 2 is 2.06 bits per heavy atom. The Balaban J connectivity index is 2.42. The number of halogens is 3. The molecule has 0 fully saturated rings. The summed E-state index contributed by atoms with van der Waals surface area (Å²) in [6.45, 7) is 0.193. The van der Waals surface area contributed by atoms with Gasteiger partial charge in [0.05, 0.1) is 5.02 Å². The van der Waals surface area contributed by atoms with E-state index in [0.29, 0.717) is 16.3 Å². The first-order valence-electron chi connectivity index (χ1n) is 5.22. The molecule has 0 aliphatic carbocycles. The van der Waals surface area contributed by atoms with E-state index in [2.05, 4.69) is 15.9 Å². The lowest BCUT2D eigenvalue weighted by Crippen LogP contribution is -2.01. The standard InChI is InChI=1S/C13H10BrClFNO/c14-9-4-5-10(15)12(6-9)18-13-8(7-17)2-1-3-11(13)16/h1-6H,7,17H2. The third kappa shape index (κ3) is 2.83. The summed E-state index contributed by atoms with van der Waals surface area (Å²) in [5, 5.41) is 0.407. The minimum absolute atomic E-state index is 0.111. The summed E-state index contributed by atoms with van der Waals surface area (Å²) in [5.41, 5.74) is 6.14. The average molecular weight is 331 g/mol. The van der Waals surface area contributed by atoms with Gasteiger partial charge in [0.1, 0.15) is 5.75 Å². The maximum atomic E-state index is 13.7. The van der Waals surface area contributed by atoms with Crippen molar-refractivity contribution in [2.45, 2.75) is 6.54 Å². The van der Waals surface area contributed by atoms with Gasteiger partial charge in [-0.3, -0.25) is 0 Å². The van der Waals surface area contributed by atoms with Gasteiger partial charge in [0.2, 0.25) is 0 Å². The van der Waals surface area contributed by atoms with Gasteiger partial charge in [-0.2, -0.15) is 0 Å². The van der Waals surface area contributed by atoms with Crippen molar-refractivity contribution >= 4 is 27.5 Å². The second-order valence-corrected chi connectivity index (χ2v) is 4.93. The molecule has 0 spiro atoms. The SMILES string of the molecule is NCc1cccc(F)c1Oc1cc(Br)ccc1Cl. The molecular weight excluding hydrogens is 321 g/mol. The lowest BCUT2D eigenvalue weighted by atomic mass is 10.2. The molecule has 0 atom stereocenters. The second-order valence-electron chi connectivity index (χ2n) is 3.61. The number of rotatable bonds is 3. The van der Waals surface area contributed by atoms with Crippen molar-refractivity contribution in [3.8, 4) is 11.5 Å². The molecule has 0 amide bonds. The fraction of sp³-hybridized carbons (Fsp3) is 0.0769. The Kier molecular flexibility index (Phi) is 4.22. The number of benzene rings is 2. The van der Waals surface area contributed by atoms with Gasteiger partial charge in [-0.1, -0.05) is 39.7 Å². The number of hydrogen-bond donors (Lipinski definition) is 1. The van der Waals surface area contributed by atoms with Crippen LogP contribution in [0, 0.1) is 5.82 Å². The molecule has 5 heteroatoms. The maximum Gasteiger partial charge on any atom is 0.167 e. The van der Waals surface area contributed by atoms with E-state index in [9.17, 15) is 4.39 Å². The van der Waals surface area contributed by atoms with Crippen molar-refractivity contribution in [1.82, 2.24) is 0 Å². The van der Waals surface area contributed by atoms with Gasteiger partial charge in [-0.15, -0.1) is 0 Å². The van der Waals surface area contributed by atoms with Gasteiger partial charge in [0, 0.05) is 16.6 Å². The van der Waals surface area contributed by atoms with Gasteiger partial charge < -0.3 is 10.5 Å². The minimum Gasteiger partial charge on any atom is -0.452 e. The molecule has 0 bridgehead atoms. The highest BCUT2D eigenvalue weighted by Crippen LogP contribution is 2.34. The van der Waals surface area contributed by atoms with Crippen LogP contribution in [-0.4, -0.2) is 0 Å². The van der Waals surface area contributed by atoms with Crippen LogP contribution < -0.4 is 10.5 Å². The zero-order valence-electron chi connectivity index (χ0n) is 9.29. The topological polar surface area (TPSA) is 35.2 Å². The molecule has 0 saturated heterocycles. The van der Waals surface area contributed by atoms with Crippen molar-refractivity contribution in [1.29, 1.82) is 0 Å². The second kappa shape index (κ2) is 5.69. The molecule has 0 saturated carbocycles. The van der Waals surface area contributed by atoms with Crippen LogP contribution in [0.1, 0.15) is 5.56 Å². The number of para-hydroxylation sites is 1. The minimum atomic E-state index is -0.464. The van der Waals surface area contributed by atoms with E-state index in [4.69, 9.17) is 22.1 Å². The monoisotopic (exact) mass is 329 g/mol. The first-order valence-corrected chi connectivity index (χ1v) is 6.39. The molecule has 2 aromatic rings. The zero-order chi connectivity index (χ0) is 13.1. The normalized spacial score (nSPS) is 10.4. The fourth-order valence-corrected chi connectivity index (χ4v) is 1.99. The van der Waals surface area contributed by atoms with Gasteiger partial charge in [0.25, 0.3) is 0 Å². The molecule has 2 aromatic carbocycles. The van der Waals surface area contributed by atoms with Crippen LogP contribution in [0.5, 0.6) is 11.5 Å². The van der Waals surface area contributed by atoms with E-state index in [-0.39, 0.29) is 12.3 Å². The predicted octanol–water partition coefficient (Wildman–Crippen LogP) is 4.49. The quantitative estimate of drug-likeness (QED) is 0.899. The highest BCUT2D eigenvalue weighted by Gasteiger charge is 2.12. The van der Waals surface area contributed by atoms with Crippen LogP contribution in [-0.2, 0) is 6.54 Å². The Hall–Kier alpha value is -1.10. The van der Waals surface area contributed by atoms with Gasteiger partial charge in [0.15, 0.2) is 11.6 Å². The van der Waals surface area contributed by atoms with E-state index in [1.165, 1.54) is 6.07 Å². The predicted molar refractivity (Wildman–Crippen MR) is 73.5 cm³/mol. The molecule has 0 aliphatic heterocycles. The smallest absolute Gasteiger partial charge is 0.167 e. The van der Waals surface area contributed by atoms with E-state index in [1.54, 1.807) is 30.3 Å². The third-order valence-electron chi connectivity index (χ3n) is 2.37. The summed E-state index contributed by atoms with van der Waals surface area (Å²) >= 11 is 9.30. The van der Waals surface area contributed by atoms with Crippen molar-refractivity contribution in [2.24, 2.45) is 5.73 Å². The highest BCUT2D eigenvalue weighted by atomic mass is 79.9. The Morgan fingerprint density at radius 1 is 1.28 bits per heavy atom. The number of nitrogens with two attached hydrogens (primary N) is 1. The highest BCUT2D eigenvalue weighted by molar-refractivity contribution is 9.10. The van der Waals surface area contributed by atoms with Crippen molar-refractivity contribution < 1.29 is 9.13 Å². The summed E-state index contributed by atoms with van der Waals surface area (Å²) < 4.78 is 20.0. The molecule has 0 unspecified atom stereocenters. The molecule has 0 heterocycles. The summed E-state index contributed by atoms with van der Waals surface area (Å²) in [6, 6.07) is 9.75. The molecule has 2 N–H and O–H groups in total. The van der Waals surface area contributed by atoms with Crippen LogP contribution >= 0.6 is 27.5 Å². The van der Waals surface area contributed by atoms with Crippen molar-refractivity contribution in [3.63, 3.8) is 0 Å². The van der Waals surface area contributed by atoms with Crippen molar-refractivity contribution in [3.05, 3.63) is 57.3 Å². The number of hydrogen-bond acceptors (Lipinski definition) is 2. The first-order chi connectivity index (χ1) is 8.61. The molecular formula is C13H10BrClFNO. The average Bonchev–Trinajstić information content (AvgIpc) is 2.36. The zero-order valence-corrected chi connectivity index (χ0v) is 11.6. The molecule has 18 heavy (non-hydrogen) atoms. The molecule has 2 nitrogen and oxygen atoms in total. The maximum absolute atomic E-state index is 13.7. The fourth-order valence-electron chi connectivity index (χ4n) is 1.49. The van der Waals surface area contributed by atoms with Crippen molar-refractivity contribution in [2.75, 3.05) is 0 Å². The largest absolute Gasteiger partial charge is 0.452 e. The van der Waals surface area contributed by atoms with E-state index in [1.807, 2.05) is 0 Å². The first kappa shape index (κ1) is 13.3. The van der Waals surface area contributed by atoms with Gasteiger partial charge in [-0.25, -0.2) is 4.39 Å². The van der Waals surface area contributed by atoms with Crippen LogP contribution in [0.2, 0.25) is 5.02 Å². The molecule has 0 radical (unpaired) electrons. The van der Waals surface area contributed by atoms with Crippen LogP contribution in [0.15, 0.2) is 40.9 Å². The van der Waals surface area contributed by atoms with Crippen LogP contribution in [0.3, 0.4) is 0 Å². The van der Waals surface area contributed by atoms with Gasteiger partial charge >= 0.3 is 0 Å². The Morgan fingerprint density at radius 3 is 2.78 bits per heavy atom. The van der Waals surface area contributed by atoms with Crippen LogP contribution in [0.4, 0.5) is 4.39 Å². The molecule has 94 valence electrons. The summed E-state index contributed by atoms with van der Waals surface area (Å²) in [5.74, 6) is 0.0276. The number of ether oxygens (including phenoxy) is 1. The van der Waals surface area contributed by atoms with E-state index >= 15 is 0 Å². The summed E-state index contributed by atoms with van der Waals surface area (Å²) in [6.07, 6.45) is 0. The molecule has 0 aromatic heterocycles. The Labute approximate surface area is 118 Å². The summed E-state index contributed by atoms with van der Waals surface area (Å²) in [7, 11) is 0. The summed E-state index contributed by atoms with van der Waals surface area (Å²) in [4.78, 5) is 0. The van der Waals surface area contributed by atoms with Gasteiger partial charge in [-0.05, 0) is 24.3 Å². The van der Waals surface area contributed by atoms with E-state index < -0.39 is 5.82 Å². The lowest BCUT2D eigenvalue weighted by molar-refractivity contribution is 0.436. The Bertz CT molecular complexity index is 577. The van der Waals surface area contributed by atoms with E-state index in [0.717, 1.165) is 4.47 Å².